The van der Waals surface area contributed by atoms with Gasteiger partial charge in [0.1, 0.15) is 0 Å². The molecule has 1 amide bonds. The van der Waals surface area contributed by atoms with Gasteiger partial charge in [0.25, 0.3) is 5.91 Å². The fraction of sp³-hybridized carbons (Fsp3) is 0.455. The quantitative estimate of drug-likeness (QED) is 0.702. The van der Waals surface area contributed by atoms with E-state index in [4.69, 9.17) is 5.73 Å². The molecule has 1 aromatic rings. The van der Waals surface area contributed by atoms with Crippen LogP contribution < -0.4 is 16.0 Å². The van der Waals surface area contributed by atoms with E-state index in [2.05, 4.69) is 15.2 Å². The lowest BCUT2D eigenvalue weighted by molar-refractivity contribution is 0.0995. The number of nitrogens with zero attached hydrogens (tertiary/aromatic N) is 2. The number of piperazine rings is 1. The van der Waals surface area contributed by atoms with Crippen LogP contribution in [0.4, 0.5) is 10.1 Å². The molecule has 0 radical (unpaired) electrons. The van der Waals surface area contributed by atoms with Crippen molar-refractivity contribution in [2.45, 2.75) is 18.5 Å². The number of anilines is 1. The molecule has 2 fully saturated rings. The highest BCUT2D eigenvalue weighted by atomic mass is 19.1. The van der Waals surface area contributed by atoms with Gasteiger partial charge in [-0.1, -0.05) is 0 Å². The third-order valence-electron chi connectivity index (χ3n) is 3.48. The second kappa shape index (κ2) is 3.66. The van der Waals surface area contributed by atoms with Crippen molar-refractivity contribution in [3.63, 3.8) is 0 Å². The molecule has 2 bridgehead atoms. The van der Waals surface area contributed by atoms with Crippen molar-refractivity contribution in [1.82, 2.24) is 10.3 Å². The van der Waals surface area contributed by atoms with Crippen molar-refractivity contribution in [3.05, 3.63) is 23.8 Å². The number of carbonyl (C=O) groups is 1. The van der Waals surface area contributed by atoms with Crippen molar-refractivity contribution < 1.29 is 9.18 Å². The Morgan fingerprint density at radius 2 is 2.47 bits per heavy atom. The number of pyridine rings is 1. The molecule has 0 aromatic carbocycles. The molecule has 2 saturated heterocycles. The highest BCUT2D eigenvalue weighted by Crippen LogP contribution is 2.29. The first kappa shape index (κ1) is 10.5. The molecule has 0 saturated carbocycles. The topological polar surface area (TPSA) is 71.2 Å². The van der Waals surface area contributed by atoms with Crippen LogP contribution >= 0.6 is 0 Å². The van der Waals surface area contributed by atoms with Crippen LogP contribution in [-0.2, 0) is 0 Å². The molecule has 3 heterocycles. The van der Waals surface area contributed by atoms with Gasteiger partial charge in [0.15, 0.2) is 0 Å². The van der Waals surface area contributed by atoms with E-state index < -0.39 is 11.9 Å². The monoisotopic (exact) mass is 236 g/mol. The van der Waals surface area contributed by atoms with Gasteiger partial charge in [-0.15, -0.1) is 0 Å². The Morgan fingerprint density at radius 1 is 1.65 bits per heavy atom. The van der Waals surface area contributed by atoms with E-state index in [9.17, 15) is 9.18 Å². The van der Waals surface area contributed by atoms with Gasteiger partial charge in [0.2, 0.25) is 5.95 Å². The zero-order valence-electron chi connectivity index (χ0n) is 9.19. The number of fused-ring (bicyclic) bond motifs is 2. The highest BCUT2D eigenvalue weighted by molar-refractivity contribution is 5.93. The average Bonchev–Trinajstić information content (AvgIpc) is 2.91. The molecule has 17 heavy (non-hydrogen) atoms. The van der Waals surface area contributed by atoms with Gasteiger partial charge >= 0.3 is 0 Å². The summed E-state index contributed by atoms with van der Waals surface area (Å²) in [6.07, 6.45) is 2.55. The van der Waals surface area contributed by atoms with Crippen molar-refractivity contribution in [2.75, 3.05) is 18.0 Å². The lowest BCUT2D eigenvalue weighted by Crippen LogP contribution is -2.43. The van der Waals surface area contributed by atoms with Crippen LogP contribution in [0.3, 0.4) is 0 Å². The van der Waals surface area contributed by atoms with E-state index in [0.717, 1.165) is 25.2 Å². The summed E-state index contributed by atoms with van der Waals surface area (Å²) in [6.45, 7) is 1.80. The minimum absolute atomic E-state index is 0.141. The molecular formula is C11H13FN4O. The third kappa shape index (κ3) is 1.64. The molecule has 5 nitrogen and oxygen atoms in total. The number of hydrogen-bond acceptors (Lipinski definition) is 4. The second-order valence-electron chi connectivity index (χ2n) is 4.54. The first-order valence-corrected chi connectivity index (χ1v) is 5.60. The number of rotatable bonds is 2. The summed E-state index contributed by atoms with van der Waals surface area (Å²) in [5, 5.41) is 3.38. The van der Waals surface area contributed by atoms with Gasteiger partial charge in [-0.25, -0.2) is 4.98 Å². The van der Waals surface area contributed by atoms with Gasteiger partial charge in [0, 0.05) is 25.2 Å². The molecule has 3 rings (SSSR count). The van der Waals surface area contributed by atoms with Crippen LogP contribution in [-0.4, -0.2) is 36.1 Å². The minimum Gasteiger partial charge on any atom is -0.365 e. The molecule has 6 heteroatoms. The molecule has 2 aliphatic rings. The maximum absolute atomic E-state index is 13.3. The van der Waals surface area contributed by atoms with Crippen LogP contribution in [0.1, 0.15) is 16.8 Å². The number of carbonyl (C=O) groups excluding carboxylic acids is 1. The van der Waals surface area contributed by atoms with Crippen molar-refractivity contribution >= 4 is 11.6 Å². The molecule has 0 aliphatic carbocycles. The molecule has 2 atom stereocenters. The van der Waals surface area contributed by atoms with E-state index in [1.54, 1.807) is 0 Å². The molecule has 90 valence electrons. The van der Waals surface area contributed by atoms with Crippen molar-refractivity contribution in [3.8, 4) is 0 Å². The smallest absolute Gasteiger partial charge is 0.253 e. The predicted octanol–water partition coefficient (Wildman–Crippen LogP) is -0.130. The summed E-state index contributed by atoms with van der Waals surface area (Å²) in [6, 6.07) is 2.39. The number of nitrogens with two attached hydrogens (primary N) is 1. The number of primary amides is 1. The van der Waals surface area contributed by atoms with Gasteiger partial charge in [0.05, 0.1) is 17.4 Å². The van der Waals surface area contributed by atoms with E-state index in [0.29, 0.717) is 12.1 Å². The first-order valence-electron chi connectivity index (χ1n) is 5.60. The second-order valence-corrected chi connectivity index (χ2v) is 4.54. The van der Waals surface area contributed by atoms with Gasteiger partial charge in [-0.3, -0.25) is 4.79 Å². The Kier molecular flexibility index (Phi) is 2.25. The summed E-state index contributed by atoms with van der Waals surface area (Å²) in [5.41, 5.74) is 5.74. The zero-order valence-corrected chi connectivity index (χ0v) is 9.19. The Bertz CT molecular complexity index is 479. The van der Waals surface area contributed by atoms with E-state index in [-0.39, 0.29) is 5.56 Å². The fourth-order valence-electron chi connectivity index (χ4n) is 2.64. The molecule has 3 N–H and O–H groups in total. The van der Waals surface area contributed by atoms with Gasteiger partial charge in [-0.05, 0) is 12.5 Å². The Labute approximate surface area is 97.8 Å². The van der Waals surface area contributed by atoms with Gasteiger partial charge < -0.3 is 16.0 Å². The fourth-order valence-corrected chi connectivity index (χ4v) is 2.64. The summed E-state index contributed by atoms with van der Waals surface area (Å²) in [4.78, 5) is 16.8. The van der Waals surface area contributed by atoms with Gasteiger partial charge in [-0.2, -0.15) is 4.39 Å². The maximum Gasteiger partial charge on any atom is 0.253 e. The lowest BCUT2D eigenvalue weighted by Gasteiger charge is -2.29. The number of hydrogen-bond donors (Lipinski definition) is 2. The number of nitrogens with one attached hydrogen (secondary N) is 1. The third-order valence-corrected chi connectivity index (χ3v) is 3.48. The summed E-state index contributed by atoms with van der Waals surface area (Å²) < 4.78 is 13.3. The number of halogens is 1. The van der Waals surface area contributed by atoms with E-state index in [1.807, 2.05) is 0 Å². The molecule has 1 aromatic heterocycles. The maximum atomic E-state index is 13.3. The van der Waals surface area contributed by atoms with Crippen molar-refractivity contribution in [2.24, 2.45) is 5.73 Å². The number of aromatic nitrogens is 1. The Balaban J connectivity index is 1.93. The summed E-state index contributed by atoms with van der Waals surface area (Å²) in [7, 11) is 0. The van der Waals surface area contributed by atoms with Crippen LogP contribution in [0, 0.1) is 5.95 Å². The van der Waals surface area contributed by atoms with E-state index in [1.165, 1.54) is 12.3 Å². The normalized spacial score (nSPS) is 26.5. The molecular weight excluding hydrogens is 223 g/mol. The van der Waals surface area contributed by atoms with Crippen LogP contribution in [0.5, 0.6) is 0 Å². The predicted molar refractivity (Wildman–Crippen MR) is 60.3 cm³/mol. The molecule has 0 spiro atoms. The number of amides is 1. The minimum atomic E-state index is -0.802. The van der Waals surface area contributed by atoms with Crippen molar-refractivity contribution in [1.29, 1.82) is 0 Å². The first-order chi connectivity index (χ1) is 8.15. The van der Waals surface area contributed by atoms with E-state index >= 15 is 0 Å². The Morgan fingerprint density at radius 3 is 3.06 bits per heavy atom. The van der Waals surface area contributed by atoms with Crippen LogP contribution in [0.15, 0.2) is 12.3 Å². The largest absolute Gasteiger partial charge is 0.365 e. The zero-order chi connectivity index (χ0) is 12.0. The average molecular weight is 236 g/mol. The Hall–Kier alpha value is -1.69. The summed E-state index contributed by atoms with van der Waals surface area (Å²) >= 11 is 0. The highest BCUT2D eigenvalue weighted by Gasteiger charge is 2.37. The molecule has 2 aliphatic heterocycles. The molecule has 0 unspecified atom stereocenters. The standard InChI is InChI=1S/C11H13FN4O/c12-10-9(11(13)17)2-8(4-15-10)16-5-6-1-7(16)3-14-6/h2,4,6-7,14H,1,3,5H2,(H2,13,17)/t6-,7-/m0/s1. The SMILES string of the molecule is NC(=O)c1cc(N2C[C@@H]3C[C@H]2CN3)cnc1F. The van der Waals surface area contributed by atoms with Crippen LogP contribution in [0.25, 0.3) is 0 Å². The lowest BCUT2D eigenvalue weighted by atomic mass is 10.2. The summed E-state index contributed by atoms with van der Waals surface area (Å²) in [5.74, 6) is -1.58. The van der Waals surface area contributed by atoms with Crippen LogP contribution in [0.2, 0.25) is 0 Å².